The molecule has 23 heavy (non-hydrogen) atoms. The van der Waals surface area contributed by atoms with Crippen molar-refractivity contribution in [1.29, 1.82) is 0 Å². The largest absolute Gasteiger partial charge is 0.331 e. The van der Waals surface area contributed by atoms with Crippen LogP contribution in [0.1, 0.15) is 17.2 Å². The number of amides is 2. The zero-order valence-electron chi connectivity index (χ0n) is 13.4. The predicted molar refractivity (Wildman–Crippen MR) is 84.3 cm³/mol. The van der Waals surface area contributed by atoms with Crippen LogP contribution in [0.2, 0.25) is 0 Å². The molecular formula is C15H21N7O. The van der Waals surface area contributed by atoms with Gasteiger partial charge in [-0.1, -0.05) is 6.07 Å². The maximum Gasteiger partial charge on any atom is 0.317 e. The molecule has 1 aliphatic heterocycles. The van der Waals surface area contributed by atoms with Gasteiger partial charge in [0.25, 0.3) is 0 Å². The Kier molecular flexibility index (Phi) is 4.52. The van der Waals surface area contributed by atoms with Crippen molar-refractivity contribution < 1.29 is 4.79 Å². The first-order valence-electron chi connectivity index (χ1n) is 7.61. The number of nitrogens with one attached hydrogen (secondary N) is 1. The lowest BCUT2D eigenvalue weighted by atomic mass is 10.2. The minimum Gasteiger partial charge on any atom is -0.331 e. The van der Waals surface area contributed by atoms with Crippen molar-refractivity contribution >= 4 is 6.03 Å². The molecule has 0 radical (unpaired) electrons. The van der Waals surface area contributed by atoms with Crippen molar-refractivity contribution in [3.63, 3.8) is 0 Å². The highest BCUT2D eigenvalue weighted by Crippen LogP contribution is 2.15. The van der Waals surface area contributed by atoms with E-state index < -0.39 is 0 Å². The van der Waals surface area contributed by atoms with Crippen molar-refractivity contribution in [2.75, 3.05) is 20.6 Å². The summed E-state index contributed by atoms with van der Waals surface area (Å²) in [4.78, 5) is 19.6. The summed E-state index contributed by atoms with van der Waals surface area (Å²) in [6, 6.07) is 3.90. The van der Waals surface area contributed by atoms with E-state index in [1.165, 1.54) is 10.5 Å². The fraction of sp³-hybridized carbons (Fsp3) is 0.467. The smallest absolute Gasteiger partial charge is 0.317 e. The van der Waals surface area contributed by atoms with Crippen molar-refractivity contribution in [2.45, 2.75) is 26.2 Å². The highest BCUT2D eigenvalue weighted by atomic mass is 16.2. The molecule has 0 saturated heterocycles. The van der Waals surface area contributed by atoms with Crippen LogP contribution < -0.4 is 5.32 Å². The third-order valence-electron chi connectivity index (χ3n) is 3.84. The van der Waals surface area contributed by atoms with Crippen molar-refractivity contribution in [1.82, 2.24) is 34.9 Å². The topological polar surface area (TPSA) is 79.2 Å². The average molecular weight is 315 g/mol. The van der Waals surface area contributed by atoms with Crippen LogP contribution in [0.5, 0.6) is 0 Å². The molecule has 1 aliphatic rings. The molecule has 8 nitrogen and oxygen atoms in total. The Morgan fingerprint density at radius 2 is 2.22 bits per heavy atom. The molecule has 122 valence electrons. The van der Waals surface area contributed by atoms with E-state index in [-0.39, 0.29) is 6.03 Å². The first kappa shape index (κ1) is 15.4. The molecule has 3 rings (SSSR count). The summed E-state index contributed by atoms with van der Waals surface area (Å²) in [6.45, 7) is 3.76. The Morgan fingerprint density at radius 1 is 1.35 bits per heavy atom. The third-order valence-corrected chi connectivity index (χ3v) is 3.84. The molecule has 0 atom stereocenters. The molecule has 3 heterocycles. The van der Waals surface area contributed by atoms with E-state index in [4.69, 9.17) is 0 Å². The zero-order valence-corrected chi connectivity index (χ0v) is 13.4. The molecule has 8 heteroatoms. The third kappa shape index (κ3) is 3.65. The van der Waals surface area contributed by atoms with Crippen molar-refractivity contribution in [2.24, 2.45) is 0 Å². The number of hydrogen-bond acceptors (Lipinski definition) is 5. The maximum atomic E-state index is 11.6. The van der Waals surface area contributed by atoms with Gasteiger partial charge in [0, 0.05) is 46.1 Å². The van der Waals surface area contributed by atoms with Gasteiger partial charge >= 0.3 is 6.03 Å². The lowest BCUT2D eigenvalue weighted by molar-refractivity contribution is 0.205. The summed E-state index contributed by atoms with van der Waals surface area (Å²) in [7, 11) is 3.43. The van der Waals surface area contributed by atoms with Crippen LogP contribution in [0, 0.1) is 0 Å². The van der Waals surface area contributed by atoms with E-state index in [0.717, 1.165) is 37.8 Å². The molecule has 2 amide bonds. The number of nitrogens with zero attached hydrogens (tertiary/aromatic N) is 6. The van der Waals surface area contributed by atoms with Gasteiger partial charge in [-0.3, -0.25) is 9.88 Å². The highest BCUT2D eigenvalue weighted by Gasteiger charge is 2.21. The number of urea groups is 1. The van der Waals surface area contributed by atoms with Gasteiger partial charge in [0.2, 0.25) is 0 Å². The number of rotatable bonds is 4. The number of fused-ring (bicyclic) bond motifs is 1. The normalized spacial score (nSPS) is 14.3. The van der Waals surface area contributed by atoms with Gasteiger partial charge in [0.1, 0.15) is 5.82 Å². The summed E-state index contributed by atoms with van der Waals surface area (Å²) in [5.74, 6) is 1.74. The summed E-state index contributed by atoms with van der Waals surface area (Å²) in [5, 5.41) is 11.3. The van der Waals surface area contributed by atoms with Crippen LogP contribution in [0.3, 0.4) is 0 Å². The molecule has 0 aromatic carbocycles. The number of pyridine rings is 1. The lowest BCUT2D eigenvalue weighted by Gasteiger charge is -2.27. The predicted octanol–water partition coefficient (Wildman–Crippen LogP) is 0.460. The van der Waals surface area contributed by atoms with E-state index in [9.17, 15) is 4.79 Å². The number of carbonyl (C=O) groups excluding carboxylic acids is 1. The Labute approximate surface area is 135 Å². The molecule has 2 aromatic rings. The first-order chi connectivity index (χ1) is 11.1. The summed E-state index contributed by atoms with van der Waals surface area (Å²) >= 11 is 0. The quantitative estimate of drug-likeness (QED) is 0.887. The van der Waals surface area contributed by atoms with Gasteiger partial charge in [0.15, 0.2) is 5.82 Å². The van der Waals surface area contributed by atoms with Crippen LogP contribution in [-0.2, 0) is 26.2 Å². The van der Waals surface area contributed by atoms with Gasteiger partial charge in [-0.15, -0.1) is 10.2 Å². The lowest BCUT2D eigenvalue weighted by Crippen LogP contribution is -2.36. The van der Waals surface area contributed by atoms with Gasteiger partial charge in [-0.05, 0) is 11.6 Å². The molecule has 0 spiro atoms. The van der Waals surface area contributed by atoms with Crippen LogP contribution >= 0.6 is 0 Å². The van der Waals surface area contributed by atoms with E-state index in [2.05, 4.69) is 36.0 Å². The van der Waals surface area contributed by atoms with Gasteiger partial charge in [0.05, 0.1) is 13.1 Å². The maximum absolute atomic E-state index is 11.6. The fourth-order valence-corrected chi connectivity index (χ4v) is 2.60. The van der Waals surface area contributed by atoms with Crippen molar-refractivity contribution in [3.05, 3.63) is 41.7 Å². The SMILES string of the molecule is CN(C)C(=O)NCc1nnc2n1CCN(Cc1cccnc1)C2. The summed E-state index contributed by atoms with van der Waals surface area (Å²) < 4.78 is 2.09. The second-order valence-electron chi connectivity index (χ2n) is 5.81. The molecule has 0 saturated carbocycles. The zero-order chi connectivity index (χ0) is 16.2. The molecule has 0 bridgehead atoms. The Morgan fingerprint density at radius 3 is 2.96 bits per heavy atom. The number of hydrogen-bond donors (Lipinski definition) is 1. The second kappa shape index (κ2) is 6.74. The van der Waals surface area contributed by atoms with E-state index in [1.807, 2.05) is 12.3 Å². The highest BCUT2D eigenvalue weighted by molar-refractivity contribution is 5.73. The van der Waals surface area contributed by atoms with E-state index in [0.29, 0.717) is 6.54 Å². The Bertz CT molecular complexity index is 668. The Balaban J connectivity index is 1.61. The molecule has 2 aromatic heterocycles. The van der Waals surface area contributed by atoms with Gasteiger partial charge in [-0.25, -0.2) is 4.79 Å². The van der Waals surface area contributed by atoms with Crippen LogP contribution in [0.15, 0.2) is 24.5 Å². The number of aromatic nitrogens is 4. The fourth-order valence-electron chi connectivity index (χ4n) is 2.60. The van der Waals surface area contributed by atoms with Crippen LogP contribution in [0.4, 0.5) is 4.79 Å². The monoisotopic (exact) mass is 315 g/mol. The molecule has 0 aliphatic carbocycles. The van der Waals surface area contributed by atoms with Crippen LogP contribution in [0.25, 0.3) is 0 Å². The molecule has 1 N–H and O–H groups in total. The minimum absolute atomic E-state index is 0.128. The Hall–Kier alpha value is -2.48. The average Bonchev–Trinajstić information content (AvgIpc) is 2.95. The van der Waals surface area contributed by atoms with E-state index >= 15 is 0 Å². The minimum atomic E-state index is -0.128. The van der Waals surface area contributed by atoms with E-state index in [1.54, 1.807) is 20.3 Å². The summed E-state index contributed by atoms with van der Waals surface area (Å²) in [6.07, 6.45) is 3.67. The van der Waals surface area contributed by atoms with Gasteiger partial charge < -0.3 is 14.8 Å². The summed E-state index contributed by atoms with van der Waals surface area (Å²) in [5.41, 5.74) is 1.19. The molecule has 0 fully saturated rings. The second-order valence-corrected chi connectivity index (χ2v) is 5.81. The van der Waals surface area contributed by atoms with Crippen molar-refractivity contribution in [3.8, 4) is 0 Å². The molecular weight excluding hydrogens is 294 g/mol. The van der Waals surface area contributed by atoms with Gasteiger partial charge in [-0.2, -0.15) is 0 Å². The van der Waals surface area contributed by atoms with Crippen LogP contribution in [-0.4, -0.2) is 56.2 Å². The number of carbonyl (C=O) groups is 1. The molecule has 0 unspecified atom stereocenters. The standard InChI is InChI=1S/C15H21N7O/c1-20(2)15(23)17-9-13-18-19-14-11-21(6-7-22(13)14)10-12-4-3-5-16-8-12/h3-5,8H,6-7,9-11H2,1-2H3,(H,17,23). The first-order valence-corrected chi connectivity index (χ1v) is 7.61.